The maximum Gasteiger partial charge on any atom is 0.216 e. The highest BCUT2D eigenvalue weighted by atomic mass is 35.5. The topological polar surface area (TPSA) is 58.2 Å². The smallest absolute Gasteiger partial charge is 0.216 e. The van der Waals surface area contributed by atoms with Crippen molar-refractivity contribution in [3.05, 3.63) is 29.3 Å². The van der Waals surface area contributed by atoms with Crippen LogP contribution in [0.3, 0.4) is 0 Å². The van der Waals surface area contributed by atoms with Gasteiger partial charge in [-0.1, -0.05) is 18.0 Å². The molecule has 4 nitrogen and oxygen atoms in total. The van der Waals surface area contributed by atoms with Crippen molar-refractivity contribution in [2.24, 2.45) is 0 Å². The number of sulfonamides is 1. The van der Waals surface area contributed by atoms with E-state index in [-0.39, 0.29) is 0 Å². The van der Waals surface area contributed by atoms with Crippen LogP contribution in [0.2, 0.25) is 5.02 Å². The summed E-state index contributed by atoms with van der Waals surface area (Å²) in [6, 6.07) is 7.59. The predicted octanol–water partition coefficient (Wildman–Crippen LogP) is 3.64. The Balaban J connectivity index is 2.12. The van der Waals surface area contributed by atoms with Gasteiger partial charge in [0, 0.05) is 23.8 Å². The van der Waals surface area contributed by atoms with Crippen molar-refractivity contribution in [1.82, 2.24) is 4.72 Å². The van der Waals surface area contributed by atoms with Crippen molar-refractivity contribution in [2.75, 3.05) is 18.4 Å². The Morgan fingerprint density at radius 3 is 2.14 bits per heavy atom. The molecule has 6 heteroatoms. The van der Waals surface area contributed by atoms with Crippen LogP contribution in [-0.4, -0.2) is 26.3 Å². The average Bonchev–Trinajstić information content (AvgIpc) is 2.38. The Bertz CT molecular complexity index is 522. The molecule has 0 heterocycles. The quantitative estimate of drug-likeness (QED) is 0.714. The van der Waals surface area contributed by atoms with Crippen molar-refractivity contribution in [3.8, 4) is 0 Å². The molecule has 1 aromatic carbocycles. The van der Waals surface area contributed by atoms with Crippen molar-refractivity contribution in [1.29, 1.82) is 0 Å². The largest absolute Gasteiger partial charge is 0.385 e. The summed E-state index contributed by atoms with van der Waals surface area (Å²) in [7, 11) is -3.22. The van der Waals surface area contributed by atoms with Crippen LogP contribution in [0, 0.1) is 0 Å². The summed E-state index contributed by atoms with van der Waals surface area (Å²) in [4.78, 5) is 0. The lowest BCUT2D eigenvalue weighted by molar-refractivity contribution is 0.540. The lowest BCUT2D eigenvalue weighted by Crippen LogP contribution is -2.39. The molecule has 0 saturated carbocycles. The number of halogens is 1. The first kappa shape index (κ1) is 18.3. The number of nitrogens with one attached hydrogen (secondary N) is 2. The van der Waals surface area contributed by atoms with Crippen LogP contribution in [-0.2, 0) is 10.0 Å². The van der Waals surface area contributed by atoms with E-state index in [9.17, 15) is 8.42 Å². The number of anilines is 1. The van der Waals surface area contributed by atoms with Crippen molar-refractivity contribution >= 4 is 27.3 Å². The van der Waals surface area contributed by atoms with Crippen LogP contribution in [0.5, 0.6) is 0 Å². The summed E-state index contributed by atoms with van der Waals surface area (Å²) in [5.41, 5.74) is 1.05. The fourth-order valence-electron chi connectivity index (χ4n) is 1.65. The van der Waals surface area contributed by atoms with E-state index < -0.39 is 14.8 Å². The molecular formula is C15H25ClN2O2S. The van der Waals surface area contributed by atoms with Gasteiger partial charge in [-0.15, -0.1) is 0 Å². The number of hydrogen-bond donors (Lipinski definition) is 2. The van der Waals surface area contributed by atoms with Gasteiger partial charge in [0.15, 0.2) is 0 Å². The fraction of sp³-hybridized carbons (Fsp3) is 0.600. The van der Waals surface area contributed by atoms with E-state index in [1.807, 2.05) is 24.3 Å². The molecule has 0 fully saturated rings. The Hall–Kier alpha value is -0.780. The summed E-state index contributed by atoms with van der Waals surface area (Å²) < 4.78 is 25.5. The van der Waals surface area contributed by atoms with Crippen LogP contribution < -0.4 is 10.0 Å². The van der Waals surface area contributed by atoms with Gasteiger partial charge in [-0.25, -0.2) is 13.1 Å². The Labute approximate surface area is 133 Å². The molecule has 0 spiro atoms. The monoisotopic (exact) mass is 332 g/mol. The van der Waals surface area contributed by atoms with E-state index in [1.54, 1.807) is 20.8 Å². The van der Waals surface area contributed by atoms with Crippen LogP contribution in [0.1, 0.15) is 40.0 Å². The second-order valence-corrected chi connectivity index (χ2v) is 8.96. The van der Waals surface area contributed by atoms with E-state index >= 15 is 0 Å². The second kappa shape index (κ2) is 8.01. The van der Waals surface area contributed by atoms with Gasteiger partial charge in [-0.2, -0.15) is 0 Å². The van der Waals surface area contributed by atoms with Gasteiger partial charge < -0.3 is 5.32 Å². The van der Waals surface area contributed by atoms with Crippen LogP contribution >= 0.6 is 11.6 Å². The standard InChI is InChI=1S/C15H25ClN2O2S/c1-15(2,3)21(19,20)18-12-6-4-5-11-17-14-9-7-13(16)8-10-14/h7-10,17-18H,4-6,11-12H2,1-3H3. The summed E-state index contributed by atoms with van der Waals surface area (Å²) in [5, 5.41) is 4.03. The zero-order valence-electron chi connectivity index (χ0n) is 12.9. The molecule has 0 saturated heterocycles. The minimum atomic E-state index is -3.22. The summed E-state index contributed by atoms with van der Waals surface area (Å²) in [6.07, 6.45) is 2.82. The third-order valence-corrected chi connectivity index (χ3v) is 5.57. The molecule has 21 heavy (non-hydrogen) atoms. The van der Waals surface area contributed by atoms with E-state index in [4.69, 9.17) is 11.6 Å². The maximum atomic E-state index is 11.8. The minimum absolute atomic E-state index is 0.501. The first-order chi connectivity index (χ1) is 9.72. The van der Waals surface area contributed by atoms with Gasteiger partial charge in [0.2, 0.25) is 10.0 Å². The molecule has 0 unspecified atom stereocenters. The molecule has 0 amide bonds. The summed E-state index contributed by atoms with van der Waals surface area (Å²) in [6.45, 7) is 6.47. The van der Waals surface area contributed by atoms with Gasteiger partial charge in [0.05, 0.1) is 4.75 Å². The van der Waals surface area contributed by atoms with E-state index in [1.165, 1.54) is 0 Å². The number of benzene rings is 1. The zero-order chi connectivity index (χ0) is 15.9. The number of hydrogen-bond acceptors (Lipinski definition) is 3. The van der Waals surface area contributed by atoms with Gasteiger partial charge in [0.1, 0.15) is 0 Å². The molecule has 120 valence electrons. The first-order valence-corrected chi connectivity index (χ1v) is 9.07. The molecule has 0 bridgehead atoms. The number of rotatable bonds is 8. The normalized spacial score (nSPS) is 12.4. The number of unbranched alkanes of at least 4 members (excludes halogenated alkanes) is 2. The van der Waals surface area contributed by atoms with Gasteiger partial charge in [0.25, 0.3) is 0 Å². The second-order valence-electron chi connectivity index (χ2n) is 6.00. The summed E-state index contributed by atoms with van der Waals surface area (Å²) in [5.74, 6) is 0. The molecule has 0 radical (unpaired) electrons. The van der Waals surface area contributed by atoms with Gasteiger partial charge >= 0.3 is 0 Å². The molecule has 0 atom stereocenters. The highest BCUT2D eigenvalue weighted by molar-refractivity contribution is 7.90. The van der Waals surface area contributed by atoms with E-state index in [2.05, 4.69) is 10.0 Å². The van der Waals surface area contributed by atoms with Crippen molar-refractivity contribution in [3.63, 3.8) is 0 Å². The zero-order valence-corrected chi connectivity index (χ0v) is 14.5. The molecule has 0 aromatic heterocycles. The minimum Gasteiger partial charge on any atom is -0.385 e. The Kier molecular flexibility index (Phi) is 6.97. The predicted molar refractivity (Wildman–Crippen MR) is 90.5 cm³/mol. The van der Waals surface area contributed by atoms with Gasteiger partial charge in [-0.05, 0) is 57.9 Å². The van der Waals surface area contributed by atoms with Crippen LogP contribution in [0.25, 0.3) is 0 Å². The molecule has 1 aromatic rings. The maximum absolute atomic E-state index is 11.8. The third kappa shape index (κ3) is 6.68. The van der Waals surface area contributed by atoms with E-state index in [0.717, 1.165) is 36.5 Å². The van der Waals surface area contributed by atoms with Crippen LogP contribution in [0.4, 0.5) is 5.69 Å². The molecule has 0 aliphatic carbocycles. The lowest BCUT2D eigenvalue weighted by atomic mass is 10.2. The Morgan fingerprint density at radius 1 is 1.00 bits per heavy atom. The van der Waals surface area contributed by atoms with Crippen molar-refractivity contribution in [2.45, 2.75) is 44.8 Å². The first-order valence-electron chi connectivity index (χ1n) is 7.21. The van der Waals surface area contributed by atoms with Crippen LogP contribution in [0.15, 0.2) is 24.3 Å². The highest BCUT2D eigenvalue weighted by Crippen LogP contribution is 2.14. The molecular weight excluding hydrogens is 308 g/mol. The SMILES string of the molecule is CC(C)(C)S(=O)(=O)NCCCCCNc1ccc(Cl)cc1. The lowest BCUT2D eigenvalue weighted by Gasteiger charge is -2.19. The summed E-state index contributed by atoms with van der Waals surface area (Å²) >= 11 is 5.82. The molecule has 0 aliphatic rings. The van der Waals surface area contributed by atoms with Crippen molar-refractivity contribution < 1.29 is 8.42 Å². The fourth-order valence-corrected chi connectivity index (χ4v) is 2.62. The molecule has 2 N–H and O–H groups in total. The van der Waals surface area contributed by atoms with E-state index in [0.29, 0.717) is 6.54 Å². The molecule has 1 rings (SSSR count). The highest BCUT2D eigenvalue weighted by Gasteiger charge is 2.27. The third-order valence-electron chi connectivity index (χ3n) is 3.13. The molecule has 0 aliphatic heterocycles. The Morgan fingerprint density at radius 2 is 1.57 bits per heavy atom. The van der Waals surface area contributed by atoms with Gasteiger partial charge in [-0.3, -0.25) is 0 Å². The average molecular weight is 333 g/mol.